The number of fused-ring (bicyclic) bond motifs is 1. The second-order valence-corrected chi connectivity index (χ2v) is 5.75. The Morgan fingerprint density at radius 2 is 1.86 bits per heavy atom. The quantitative estimate of drug-likeness (QED) is 0.578. The first-order valence-electron chi connectivity index (χ1n) is 5.87. The summed E-state index contributed by atoms with van der Waals surface area (Å²) in [6.45, 7) is 0. The standard InChI is InChI=1S/C13H6BrClFN3O3/c14-5-2-6(15)8(3-7(5)16)19-9(20)1-4-10(11(19)17)13(22)18-12(4)21/h1-3H,17H2,(H,18,21,22). The van der Waals surface area contributed by atoms with Crippen LogP contribution in [0.15, 0.2) is 27.5 Å². The summed E-state index contributed by atoms with van der Waals surface area (Å²) >= 11 is 8.99. The van der Waals surface area contributed by atoms with E-state index in [4.69, 9.17) is 17.3 Å². The van der Waals surface area contributed by atoms with Crippen molar-refractivity contribution in [1.29, 1.82) is 0 Å². The van der Waals surface area contributed by atoms with Gasteiger partial charge < -0.3 is 5.73 Å². The minimum Gasteiger partial charge on any atom is -0.384 e. The first-order valence-corrected chi connectivity index (χ1v) is 7.04. The second kappa shape index (κ2) is 4.92. The van der Waals surface area contributed by atoms with E-state index in [0.29, 0.717) is 0 Å². The molecule has 0 atom stereocenters. The van der Waals surface area contributed by atoms with Crippen LogP contribution in [0.5, 0.6) is 0 Å². The highest BCUT2D eigenvalue weighted by Crippen LogP contribution is 2.30. The van der Waals surface area contributed by atoms with Gasteiger partial charge in [-0.25, -0.2) is 4.39 Å². The number of aromatic nitrogens is 1. The van der Waals surface area contributed by atoms with Crippen molar-refractivity contribution in [1.82, 2.24) is 9.88 Å². The number of imide groups is 1. The Kier molecular flexibility index (Phi) is 3.30. The van der Waals surface area contributed by atoms with Crippen molar-refractivity contribution in [2.45, 2.75) is 0 Å². The van der Waals surface area contributed by atoms with Gasteiger partial charge in [-0.2, -0.15) is 0 Å². The fourth-order valence-electron chi connectivity index (χ4n) is 2.21. The van der Waals surface area contributed by atoms with Gasteiger partial charge in [0, 0.05) is 12.1 Å². The van der Waals surface area contributed by atoms with Crippen molar-refractivity contribution >= 4 is 45.2 Å². The minimum absolute atomic E-state index is 0.0279. The first kappa shape index (κ1) is 14.7. The number of carbonyl (C=O) groups is 2. The molecule has 9 heteroatoms. The predicted octanol–water partition coefficient (Wildman–Crippen LogP) is 1.86. The summed E-state index contributed by atoms with van der Waals surface area (Å²) in [6.07, 6.45) is 0. The monoisotopic (exact) mass is 385 g/mol. The summed E-state index contributed by atoms with van der Waals surface area (Å²) in [4.78, 5) is 35.5. The molecular weight excluding hydrogens is 381 g/mol. The van der Waals surface area contributed by atoms with E-state index in [-0.39, 0.29) is 32.1 Å². The molecular formula is C13H6BrClFN3O3. The Balaban J connectivity index is 2.37. The van der Waals surface area contributed by atoms with Gasteiger partial charge in [0.25, 0.3) is 17.4 Å². The molecule has 2 aromatic rings. The Hall–Kier alpha value is -2.19. The Morgan fingerprint density at radius 3 is 2.55 bits per heavy atom. The molecule has 2 amide bonds. The number of rotatable bonds is 1. The molecule has 0 saturated carbocycles. The van der Waals surface area contributed by atoms with Crippen LogP contribution < -0.4 is 16.6 Å². The molecule has 1 aliphatic rings. The van der Waals surface area contributed by atoms with E-state index in [9.17, 15) is 18.8 Å². The normalized spacial score (nSPS) is 13.2. The molecule has 0 saturated heterocycles. The number of carbonyl (C=O) groups excluding carboxylic acids is 2. The summed E-state index contributed by atoms with van der Waals surface area (Å²) in [5.74, 6) is -2.37. The molecule has 0 radical (unpaired) electrons. The fraction of sp³-hybridized carbons (Fsp3) is 0. The Bertz CT molecular complexity index is 926. The molecule has 3 N–H and O–H groups in total. The number of nitrogen functional groups attached to an aromatic ring is 1. The number of hydrogen-bond acceptors (Lipinski definition) is 4. The third-order valence-electron chi connectivity index (χ3n) is 3.18. The maximum atomic E-state index is 13.7. The number of hydrogen-bond donors (Lipinski definition) is 2. The summed E-state index contributed by atoms with van der Waals surface area (Å²) < 4.78 is 14.7. The molecule has 0 spiro atoms. The van der Waals surface area contributed by atoms with Crippen LogP contribution in [0.4, 0.5) is 10.2 Å². The zero-order valence-corrected chi connectivity index (χ0v) is 13.0. The van der Waals surface area contributed by atoms with Gasteiger partial charge in [-0.05, 0) is 22.0 Å². The summed E-state index contributed by atoms with van der Waals surface area (Å²) in [5, 5.41) is 2.09. The average molecular weight is 387 g/mol. The van der Waals surface area contributed by atoms with Crippen LogP contribution in [0, 0.1) is 5.82 Å². The lowest BCUT2D eigenvalue weighted by molar-refractivity contribution is 0.0880. The van der Waals surface area contributed by atoms with E-state index in [1.165, 1.54) is 6.07 Å². The number of amides is 2. The van der Waals surface area contributed by atoms with Gasteiger partial charge in [0.2, 0.25) is 0 Å². The number of anilines is 1. The van der Waals surface area contributed by atoms with Gasteiger partial charge in [0.05, 0.1) is 26.3 Å². The van der Waals surface area contributed by atoms with Crippen molar-refractivity contribution in [2.75, 3.05) is 5.73 Å². The van der Waals surface area contributed by atoms with Gasteiger partial charge in [-0.1, -0.05) is 11.6 Å². The lowest BCUT2D eigenvalue weighted by Crippen LogP contribution is -2.24. The molecule has 0 bridgehead atoms. The van der Waals surface area contributed by atoms with Gasteiger partial charge in [0.1, 0.15) is 11.6 Å². The molecule has 2 heterocycles. The number of nitrogens with one attached hydrogen (secondary N) is 1. The van der Waals surface area contributed by atoms with Crippen LogP contribution in [0.1, 0.15) is 20.7 Å². The zero-order valence-electron chi connectivity index (χ0n) is 10.6. The molecule has 1 aromatic heterocycles. The average Bonchev–Trinajstić information content (AvgIpc) is 2.70. The number of pyridine rings is 1. The molecule has 1 aromatic carbocycles. The lowest BCUT2D eigenvalue weighted by atomic mass is 10.1. The molecule has 0 fully saturated rings. The van der Waals surface area contributed by atoms with Crippen molar-refractivity contribution < 1.29 is 14.0 Å². The van der Waals surface area contributed by atoms with Crippen LogP contribution in [0.25, 0.3) is 5.69 Å². The lowest BCUT2D eigenvalue weighted by Gasteiger charge is -2.13. The highest BCUT2D eigenvalue weighted by Gasteiger charge is 2.32. The van der Waals surface area contributed by atoms with Gasteiger partial charge >= 0.3 is 0 Å². The van der Waals surface area contributed by atoms with Crippen LogP contribution in [-0.4, -0.2) is 16.4 Å². The zero-order chi connectivity index (χ0) is 16.2. The maximum Gasteiger partial charge on any atom is 0.262 e. The highest BCUT2D eigenvalue weighted by molar-refractivity contribution is 9.10. The molecule has 0 unspecified atom stereocenters. The van der Waals surface area contributed by atoms with Crippen molar-refractivity contribution in [3.05, 3.63) is 55.0 Å². The Labute approximate surface area is 135 Å². The third kappa shape index (κ3) is 2.03. The number of halogens is 3. The summed E-state index contributed by atoms with van der Waals surface area (Å²) in [5.41, 5.74) is 4.85. The largest absolute Gasteiger partial charge is 0.384 e. The van der Waals surface area contributed by atoms with Crippen molar-refractivity contribution in [2.24, 2.45) is 0 Å². The summed E-state index contributed by atoms with van der Waals surface area (Å²) in [6, 6.07) is 3.23. The van der Waals surface area contributed by atoms with Crippen molar-refractivity contribution in [3.63, 3.8) is 0 Å². The predicted molar refractivity (Wildman–Crippen MR) is 80.9 cm³/mol. The molecule has 0 aliphatic carbocycles. The van der Waals surface area contributed by atoms with Crippen LogP contribution in [-0.2, 0) is 0 Å². The summed E-state index contributed by atoms with van der Waals surface area (Å²) in [7, 11) is 0. The smallest absolute Gasteiger partial charge is 0.262 e. The number of nitrogens with two attached hydrogens (primary N) is 1. The van der Waals surface area contributed by atoms with E-state index in [2.05, 4.69) is 15.9 Å². The SMILES string of the molecule is Nc1c2c(cc(=O)n1-c1cc(F)c(Br)cc1Cl)C(=O)NC2=O. The number of benzene rings is 1. The Morgan fingerprint density at radius 1 is 1.18 bits per heavy atom. The maximum absolute atomic E-state index is 13.7. The van der Waals surface area contributed by atoms with Crippen molar-refractivity contribution in [3.8, 4) is 5.69 Å². The van der Waals surface area contributed by atoms with Crippen LogP contribution in [0.2, 0.25) is 5.02 Å². The minimum atomic E-state index is -0.722. The molecule has 22 heavy (non-hydrogen) atoms. The van der Waals surface area contributed by atoms with E-state index >= 15 is 0 Å². The molecule has 6 nitrogen and oxygen atoms in total. The first-order chi connectivity index (χ1) is 10.3. The molecule has 1 aliphatic heterocycles. The van der Waals surface area contributed by atoms with E-state index in [0.717, 1.165) is 16.7 Å². The topological polar surface area (TPSA) is 94.2 Å². The van der Waals surface area contributed by atoms with Gasteiger partial charge in [-0.3, -0.25) is 24.3 Å². The fourth-order valence-corrected chi connectivity index (χ4v) is 2.93. The van der Waals surface area contributed by atoms with E-state index in [1.807, 2.05) is 5.32 Å². The van der Waals surface area contributed by atoms with Crippen LogP contribution >= 0.6 is 27.5 Å². The molecule has 3 rings (SSSR count). The second-order valence-electron chi connectivity index (χ2n) is 4.49. The van der Waals surface area contributed by atoms with E-state index in [1.54, 1.807) is 0 Å². The molecule has 112 valence electrons. The number of nitrogens with zero attached hydrogens (tertiary/aromatic N) is 1. The highest BCUT2D eigenvalue weighted by atomic mass is 79.9. The third-order valence-corrected chi connectivity index (χ3v) is 4.09. The van der Waals surface area contributed by atoms with Crippen LogP contribution in [0.3, 0.4) is 0 Å². The van der Waals surface area contributed by atoms with Gasteiger partial charge in [-0.15, -0.1) is 0 Å². The van der Waals surface area contributed by atoms with Gasteiger partial charge in [0.15, 0.2) is 0 Å². The van der Waals surface area contributed by atoms with E-state index < -0.39 is 23.2 Å².